The normalized spacial score (nSPS) is 22.4. The van der Waals surface area contributed by atoms with E-state index in [-0.39, 0.29) is 0 Å². The van der Waals surface area contributed by atoms with Gasteiger partial charge in [0.1, 0.15) is 11.5 Å². The van der Waals surface area contributed by atoms with E-state index in [2.05, 4.69) is 34.1 Å². The van der Waals surface area contributed by atoms with E-state index in [4.69, 9.17) is 16.3 Å². The van der Waals surface area contributed by atoms with Crippen LogP contribution in [0, 0.1) is 18.8 Å². The highest BCUT2D eigenvalue weighted by Gasteiger charge is 2.21. The molecule has 20 heavy (non-hydrogen) atoms. The third-order valence-electron chi connectivity index (χ3n) is 3.90. The largest absolute Gasteiger partial charge is 0.477 e. The predicted octanol–water partition coefficient (Wildman–Crippen LogP) is 3.07. The zero-order valence-corrected chi connectivity index (χ0v) is 12.3. The van der Waals surface area contributed by atoms with Crippen molar-refractivity contribution in [2.45, 2.75) is 26.7 Å². The molecule has 106 valence electrons. The Labute approximate surface area is 122 Å². The van der Waals surface area contributed by atoms with Gasteiger partial charge in [0.2, 0.25) is 5.88 Å². The van der Waals surface area contributed by atoms with E-state index in [1.165, 1.54) is 6.33 Å². The number of hydrogen-bond donors (Lipinski definition) is 0. The van der Waals surface area contributed by atoms with Gasteiger partial charge in [-0.05, 0) is 31.6 Å². The Morgan fingerprint density at radius 2 is 2.20 bits per heavy atom. The van der Waals surface area contributed by atoms with Gasteiger partial charge < -0.3 is 4.74 Å². The van der Waals surface area contributed by atoms with Gasteiger partial charge in [0.05, 0.1) is 6.61 Å². The van der Waals surface area contributed by atoms with Gasteiger partial charge in [-0.15, -0.1) is 0 Å². The van der Waals surface area contributed by atoms with Gasteiger partial charge in [-0.2, -0.15) is 19.6 Å². The molecule has 2 aromatic rings. The molecule has 1 aliphatic rings. The number of aromatic nitrogens is 4. The minimum Gasteiger partial charge on any atom is -0.477 e. The van der Waals surface area contributed by atoms with Crippen molar-refractivity contribution in [3.63, 3.8) is 0 Å². The summed E-state index contributed by atoms with van der Waals surface area (Å²) in [7, 11) is 0. The van der Waals surface area contributed by atoms with Crippen LogP contribution in [0.4, 0.5) is 0 Å². The van der Waals surface area contributed by atoms with Crippen molar-refractivity contribution in [3.8, 4) is 5.88 Å². The summed E-state index contributed by atoms with van der Waals surface area (Å²) in [5, 5.41) is 4.56. The van der Waals surface area contributed by atoms with Crippen LogP contribution in [0.25, 0.3) is 5.78 Å². The monoisotopic (exact) mass is 292 g/mol. The Morgan fingerprint density at radius 1 is 1.40 bits per heavy atom. The lowest BCUT2D eigenvalue weighted by molar-refractivity contribution is 0.188. The number of halogens is 1. The van der Waals surface area contributed by atoms with Crippen LogP contribution in [-0.2, 0) is 0 Å². The number of allylic oxidation sites excluding steroid dienone is 2. The van der Waals surface area contributed by atoms with Gasteiger partial charge in [-0.25, -0.2) is 0 Å². The molecular formula is C14H17ClN4O. The van der Waals surface area contributed by atoms with E-state index in [0.29, 0.717) is 35.3 Å². The number of fused-ring (bicyclic) bond motifs is 1. The van der Waals surface area contributed by atoms with Crippen LogP contribution in [0.5, 0.6) is 5.88 Å². The maximum absolute atomic E-state index is 6.12. The van der Waals surface area contributed by atoms with E-state index in [9.17, 15) is 0 Å². The van der Waals surface area contributed by atoms with Crippen LogP contribution in [0.3, 0.4) is 0 Å². The Balaban J connectivity index is 1.85. The van der Waals surface area contributed by atoms with Crippen LogP contribution in [-0.4, -0.2) is 26.2 Å². The summed E-state index contributed by atoms with van der Waals surface area (Å²) in [4.78, 5) is 8.23. The van der Waals surface area contributed by atoms with Gasteiger partial charge in [0, 0.05) is 5.56 Å². The van der Waals surface area contributed by atoms with Crippen LogP contribution in [0.15, 0.2) is 18.5 Å². The highest BCUT2D eigenvalue weighted by molar-refractivity contribution is 6.30. The molecule has 0 amide bonds. The smallest absolute Gasteiger partial charge is 0.256 e. The number of ether oxygens (including phenoxy) is 1. The van der Waals surface area contributed by atoms with Gasteiger partial charge >= 0.3 is 0 Å². The fourth-order valence-electron chi connectivity index (χ4n) is 2.47. The first-order valence-corrected chi connectivity index (χ1v) is 7.18. The van der Waals surface area contributed by atoms with Crippen LogP contribution < -0.4 is 4.74 Å². The fourth-order valence-corrected chi connectivity index (χ4v) is 2.62. The lowest BCUT2D eigenvalue weighted by Crippen LogP contribution is -2.22. The average molecular weight is 293 g/mol. The molecule has 0 saturated heterocycles. The van der Waals surface area contributed by atoms with Gasteiger partial charge in [0.15, 0.2) is 0 Å². The third kappa shape index (κ3) is 2.38. The maximum atomic E-state index is 6.12. The fraction of sp³-hybridized carbons (Fsp3) is 0.500. The average Bonchev–Trinajstić information content (AvgIpc) is 2.89. The number of rotatable bonds is 3. The number of hydrogen-bond acceptors (Lipinski definition) is 4. The first-order valence-electron chi connectivity index (χ1n) is 6.80. The molecule has 0 saturated carbocycles. The summed E-state index contributed by atoms with van der Waals surface area (Å²) in [5.74, 6) is 2.25. The van der Waals surface area contributed by atoms with Gasteiger partial charge in [-0.3, -0.25) is 0 Å². The molecule has 3 rings (SSSR count). The number of nitrogens with zero attached hydrogens (tertiary/aromatic N) is 4. The first-order chi connectivity index (χ1) is 9.66. The summed E-state index contributed by atoms with van der Waals surface area (Å²) >= 11 is 6.12. The standard InChI is InChI=1S/C14H17ClN4O/c1-9-5-3-4-6-11(9)7-20-13-10(2)12(15)18-14-16-8-17-19(13)14/h3-4,8-9,11H,5-7H2,1-2H3. The van der Waals surface area contributed by atoms with Crippen molar-refractivity contribution in [1.82, 2.24) is 19.6 Å². The second-order valence-electron chi connectivity index (χ2n) is 5.30. The Kier molecular flexibility index (Phi) is 3.61. The molecule has 5 nitrogen and oxygen atoms in total. The Bertz CT molecular complexity index is 652. The van der Waals surface area contributed by atoms with Gasteiger partial charge in [0.25, 0.3) is 5.78 Å². The van der Waals surface area contributed by atoms with Crippen molar-refractivity contribution in [2.75, 3.05) is 6.61 Å². The Morgan fingerprint density at radius 3 is 3.00 bits per heavy atom. The lowest BCUT2D eigenvalue weighted by atomic mass is 9.85. The van der Waals surface area contributed by atoms with E-state index in [1.54, 1.807) is 4.52 Å². The maximum Gasteiger partial charge on any atom is 0.256 e. The molecule has 0 fully saturated rings. The summed E-state index contributed by atoms with van der Waals surface area (Å²) in [6, 6.07) is 0. The minimum absolute atomic E-state index is 0.414. The molecule has 2 unspecified atom stereocenters. The summed E-state index contributed by atoms with van der Waals surface area (Å²) in [6.07, 6.45) is 8.09. The molecule has 2 atom stereocenters. The van der Waals surface area contributed by atoms with E-state index in [1.807, 2.05) is 6.92 Å². The van der Waals surface area contributed by atoms with E-state index >= 15 is 0 Å². The van der Waals surface area contributed by atoms with Crippen molar-refractivity contribution < 1.29 is 4.74 Å². The van der Waals surface area contributed by atoms with Crippen molar-refractivity contribution in [1.29, 1.82) is 0 Å². The molecule has 1 aliphatic carbocycles. The van der Waals surface area contributed by atoms with Crippen molar-refractivity contribution in [3.05, 3.63) is 29.2 Å². The third-order valence-corrected chi connectivity index (χ3v) is 4.27. The summed E-state index contributed by atoms with van der Waals surface area (Å²) in [6.45, 7) is 4.80. The second kappa shape index (κ2) is 5.40. The Hall–Kier alpha value is -1.62. The molecular weight excluding hydrogens is 276 g/mol. The molecule has 2 aromatic heterocycles. The van der Waals surface area contributed by atoms with Crippen LogP contribution in [0.2, 0.25) is 5.15 Å². The van der Waals surface area contributed by atoms with E-state index in [0.717, 1.165) is 18.4 Å². The molecule has 0 radical (unpaired) electrons. The van der Waals surface area contributed by atoms with Crippen LogP contribution in [0.1, 0.15) is 25.3 Å². The molecule has 0 bridgehead atoms. The second-order valence-corrected chi connectivity index (χ2v) is 5.65. The molecule has 0 aromatic carbocycles. The highest BCUT2D eigenvalue weighted by atomic mass is 35.5. The topological polar surface area (TPSA) is 52.3 Å². The summed E-state index contributed by atoms with van der Waals surface area (Å²) in [5.41, 5.74) is 0.795. The van der Waals surface area contributed by atoms with Crippen molar-refractivity contribution >= 4 is 17.4 Å². The minimum atomic E-state index is 0.414. The predicted molar refractivity (Wildman–Crippen MR) is 77.1 cm³/mol. The zero-order valence-electron chi connectivity index (χ0n) is 11.6. The molecule has 0 spiro atoms. The lowest BCUT2D eigenvalue weighted by Gasteiger charge is -2.25. The highest BCUT2D eigenvalue weighted by Crippen LogP contribution is 2.28. The van der Waals surface area contributed by atoms with Crippen molar-refractivity contribution in [2.24, 2.45) is 11.8 Å². The molecule has 0 N–H and O–H groups in total. The molecule has 2 heterocycles. The SMILES string of the molecule is Cc1c(Cl)nc2ncnn2c1OCC1CC=CCC1C. The van der Waals surface area contributed by atoms with Gasteiger partial charge in [-0.1, -0.05) is 30.7 Å². The van der Waals surface area contributed by atoms with E-state index < -0.39 is 0 Å². The quantitative estimate of drug-likeness (QED) is 0.644. The summed E-state index contributed by atoms with van der Waals surface area (Å²) < 4.78 is 7.60. The first kappa shape index (κ1) is 13.4. The zero-order chi connectivity index (χ0) is 14.1. The molecule has 0 aliphatic heterocycles. The molecule has 6 heteroatoms. The van der Waals surface area contributed by atoms with Crippen LogP contribution >= 0.6 is 11.6 Å².